The Labute approximate surface area is 232 Å². The lowest BCUT2D eigenvalue weighted by Gasteiger charge is -2.48. The highest BCUT2D eigenvalue weighted by molar-refractivity contribution is 5.97. The average molecular weight is 556 g/mol. The standard InChI is InChI=1S/C27H38FN9O3/c1-17(28)24(30-19-13-20-7-6-11-36(20)27(2,3)15-19)32-25(29-4)31-18-8-9-23(40-21-10-12-39-16-21)22(14-18)37-26(38)35(5)33-34-37/h8-9,14,19-21,30H,4,6-7,10-13,15-16H2,1-3,5H3,(H,31,32)/b24-17+/t19-,20+,21-/m1/s1. The molecule has 216 valence electrons. The molecule has 0 radical (unpaired) electrons. The molecule has 0 amide bonds. The summed E-state index contributed by atoms with van der Waals surface area (Å²) in [6.45, 7) is 11.7. The first-order valence-corrected chi connectivity index (χ1v) is 13.7. The second kappa shape index (κ2) is 11.5. The van der Waals surface area contributed by atoms with Gasteiger partial charge in [0.1, 0.15) is 23.4 Å². The molecule has 4 heterocycles. The molecule has 0 unspecified atom stereocenters. The Morgan fingerprint density at radius 2 is 2.12 bits per heavy atom. The zero-order chi connectivity index (χ0) is 28.4. The van der Waals surface area contributed by atoms with Crippen molar-refractivity contribution in [3.05, 3.63) is 40.3 Å². The van der Waals surface area contributed by atoms with E-state index in [2.05, 4.69) is 56.5 Å². The molecule has 3 fully saturated rings. The van der Waals surface area contributed by atoms with Gasteiger partial charge in [-0.3, -0.25) is 4.90 Å². The van der Waals surface area contributed by atoms with Crippen molar-refractivity contribution in [1.82, 2.24) is 30.0 Å². The number of ether oxygens (including phenoxy) is 2. The third-order valence-corrected chi connectivity index (χ3v) is 7.84. The van der Waals surface area contributed by atoms with Crippen molar-refractivity contribution in [3.63, 3.8) is 0 Å². The van der Waals surface area contributed by atoms with Crippen LogP contribution < -0.4 is 21.1 Å². The Kier molecular flexibility index (Phi) is 8.04. The topological polar surface area (TPSA) is 123 Å². The number of benzene rings is 1. The Morgan fingerprint density at radius 1 is 1.30 bits per heavy atom. The summed E-state index contributed by atoms with van der Waals surface area (Å²) in [6.07, 6.45) is 4.77. The number of allylic oxidation sites excluding steroid dienone is 1. The largest absolute Gasteiger partial charge is 0.486 e. The Bertz CT molecular complexity index is 1360. The van der Waals surface area contributed by atoms with Gasteiger partial charge in [-0.25, -0.2) is 14.2 Å². The van der Waals surface area contributed by atoms with Gasteiger partial charge < -0.3 is 20.1 Å². The maximum Gasteiger partial charge on any atom is 0.368 e. The molecule has 3 aliphatic rings. The van der Waals surface area contributed by atoms with Gasteiger partial charge in [0.05, 0.1) is 13.2 Å². The normalized spacial score (nSPS) is 25.3. The fraction of sp³-hybridized carbons (Fsp3) is 0.593. The van der Waals surface area contributed by atoms with Gasteiger partial charge in [-0.15, -0.1) is 0 Å². The number of nitrogens with zero attached hydrogens (tertiary/aromatic N) is 7. The maximum absolute atomic E-state index is 14.7. The van der Waals surface area contributed by atoms with Crippen LogP contribution in [0.25, 0.3) is 5.69 Å². The number of aryl methyl sites for hydroxylation is 1. The molecule has 0 spiro atoms. The Hall–Kier alpha value is -3.58. The average Bonchev–Trinajstić information content (AvgIpc) is 3.67. The molecule has 13 heteroatoms. The second-order valence-electron chi connectivity index (χ2n) is 11.3. The van der Waals surface area contributed by atoms with E-state index in [1.807, 2.05) is 0 Å². The van der Waals surface area contributed by atoms with Crippen LogP contribution >= 0.6 is 0 Å². The summed E-state index contributed by atoms with van der Waals surface area (Å²) in [7, 11) is 1.52. The maximum atomic E-state index is 14.7. The third-order valence-electron chi connectivity index (χ3n) is 7.84. The number of aliphatic imine (C=N–C) groups is 2. The van der Waals surface area contributed by atoms with Crippen molar-refractivity contribution in [1.29, 1.82) is 0 Å². The van der Waals surface area contributed by atoms with Crippen molar-refractivity contribution in [2.75, 3.05) is 25.1 Å². The van der Waals surface area contributed by atoms with E-state index >= 15 is 0 Å². The van der Waals surface area contributed by atoms with Crippen molar-refractivity contribution in [2.24, 2.45) is 17.0 Å². The van der Waals surface area contributed by atoms with Crippen LogP contribution in [0.5, 0.6) is 5.75 Å². The number of rotatable bonds is 7. The predicted molar refractivity (Wildman–Crippen MR) is 151 cm³/mol. The van der Waals surface area contributed by atoms with E-state index in [1.165, 1.54) is 20.4 Å². The van der Waals surface area contributed by atoms with E-state index in [9.17, 15) is 9.18 Å². The van der Waals surface area contributed by atoms with Crippen LogP contribution in [0.1, 0.15) is 52.9 Å². The van der Waals surface area contributed by atoms with E-state index in [1.54, 1.807) is 18.2 Å². The second-order valence-corrected chi connectivity index (χ2v) is 11.3. The molecular formula is C27H38FN9O3. The molecule has 3 atom stereocenters. The van der Waals surface area contributed by atoms with Gasteiger partial charge in [0, 0.05) is 36.8 Å². The molecular weight excluding hydrogens is 517 g/mol. The monoisotopic (exact) mass is 555 g/mol. The SMILES string of the molecule is C=NC(=N/C(N[C@@H]1C[C@@H]2CCCN2C(C)(C)C1)=C(\C)F)Nc1ccc(O[C@@H]2CCOC2)c(-n2nnn(C)c2=O)c1. The Balaban J connectivity index is 1.38. The number of piperidine rings is 1. The van der Waals surface area contributed by atoms with Crippen molar-refractivity contribution in [2.45, 2.75) is 76.6 Å². The van der Waals surface area contributed by atoms with Gasteiger partial charge >= 0.3 is 5.69 Å². The number of halogens is 1. The number of hydrogen-bond donors (Lipinski definition) is 2. The smallest absolute Gasteiger partial charge is 0.368 e. The molecule has 3 saturated heterocycles. The lowest BCUT2D eigenvalue weighted by Crippen LogP contribution is -2.56. The van der Waals surface area contributed by atoms with Gasteiger partial charge in [-0.05, 0) is 88.3 Å². The zero-order valence-electron chi connectivity index (χ0n) is 23.6. The van der Waals surface area contributed by atoms with Crippen LogP contribution in [-0.4, -0.2) is 80.9 Å². The molecule has 0 aliphatic carbocycles. The third kappa shape index (κ3) is 5.94. The number of tetrazole rings is 1. The highest BCUT2D eigenvalue weighted by atomic mass is 19.1. The fourth-order valence-electron chi connectivity index (χ4n) is 5.97. The first-order valence-electron chi connectivity index (χ1n) is 13.7. The van der Waals surface area contributed by atoms with Crippen LogP contribution in [0.15, 0.2) is 44.6 Å². The van der Waals surface area contributed by atoms with Gasteiger partial charge in [0.15, 0.2) is 5.82 Å². The summed E-state index contributed by atoms with van der Waals surface area (Å²) >= 11 is 0. The first kappa shape index (κ1) is 28.0. The number of nitrogens with one attached hydrogen (secondary N) is 2. The molecule has 0 saturated carbocycles. The van der Waals surface area contributed by atoms with Crippen LogP contribution in [0.2, 0.25) is 0 Å². The van der Waals surface area contributed by atoms with Crippen LogP contribution in [-0.2, 0) is 11.8 Å². The van der Waals surface area contributed by atoms with E-state index in [0.717, 1.165) is 41.6 Å². The summed E-state index contributed by atoms with van der Waals surface area (Å²) in [5.41, 5.74) is 0.514. The molecule has 0 bridgehead atoms. The molecule has 2 aromatic rings. The van der Waals surface area contributed by atoms with E-state index in [4.69, 9.17) is 9.47 Å². The Morgan fingerprint density at radius 3 is 2.80 bits per heavy atom. The number of fused-ring (bicyclic) bond motifs is 1. The predicted octanol–water partition coefficient (Wildman–Crippen LogP) is 2.76. The number of anilines is 1. The molecule has 1 aromatic heterocycles. The molecule has 5 rings (SSSR count). The summed E-state index contributed by atoms with van der Waals surface area (Å²) in [6, 6.07) is 5.73. The van der Waals surface area contributed by atoms with Crippen molar-refractivity contribution < 1.29 is 13.9 Å². The van der Waals surface area contributed by atoms with Crippen LogP contribution in [0.3, 0.4) is 0 Å². The molecule has 12 nitrogen and oxygen atoms in total. The van der Waals surface area contributed by atoms with Gasteiger partial charge in [-0.1, -0.05) is 0 Å². The lowest BCUT2D eigenvalue weighted by atomic mass is 9.84. The van der Waals surface area contributed by atoms with Crippen LogP contribution in [0, 0.1) is 0 Å². The molecule has 3 aliphatic heterocycles. The summed E-state index contributed by atoms with van der Waals surface area (Å²) < 4.78 is 28.5. The van der Waals surface area contributed by atoms with Crippen molar-refractivity contribution >= 4 is 18.4 Å². The van der Waals surface area contributed by atoms with Gasteiger partial charge in [-0.2, -0.15) is 14.4 Å². The van der Waals surface area contributed by atoms with Crippen molar-refractivity contribution in [3.8, 4) is 11.4 Å². The molecule has 1 aromatic carbocycles. The molecule has 2 N–H and O–H groups in total. The quantitative estimate of drug-likeness (QED) is 0.395. The summed E-state index contributed by atoms with van der Waals surface area (Å²) in [4.78, 5) is 23.7. The minimum Gasteiger partial charge on any atom is -0.486 e. The highest BCUT2D eigenvalue weighted by Crippen LogP contribution is 2.38. The van der Waals surface area contributed by atoms with E-state index < -0.39 is 11.5 Å². The number of hydrogen-bond acceptors (Lipinski definition) is 8. The fourth-order valence-corrected chi connectivity index (χ4v) is 5.97. The van der Waals surface area contributed by atoms with E-state index in [0.29, 0.717) is 36.4 Å². The van der Waals surface area contributed by atoms with Crippen LogP contribution in [0.4, 0.5) is 10.1 Å². The zero-order valence-corrected chi connectivity index (χ0v) is 23.6. The van der Waals surface area contributed by atoms with E-state index in [-0.39, 0.29) is 29.5 Å². The lowest BCUT2D eigenvalue weighted by molar-refractivity contribution is 0.0398. The summed E-state index contributed by atoms with van der Waals surface area (Å²) in [5, 5.41) is 14.2. The first-order chi connectivity index (χ1) is 19.1. The molecule has 40 heavy (non-hydrogen) atoms. The van der Waals surface area contributed by atoms with Gasteiger partial charge in [0.25, 0.3) is 0 Å². The highest BCUT2D eigenvalue weighted by Gasteiger charge is 2.43. The minimum absolute atomic E-state index is 0.0249. The van der Waals surface area contributed by atoms with Gasteiger partial charge in [0.2, 0.25) is 5.96 Å². The minimum atomic E-state index is -0.441. The number of aromatic nitrogens is 4. The number of guanidine groups is 1. The summed E-state index contributed by atoms with van der Waals surface area (Å²) in [5.74, 6) is 0.237.